The lowest BCUT2D eigenvalue weighted by Gasteiger charge is -2.39. The van der Waals surface area contributed by atoms with Crippen molar-refractivity contribution < 1.29 is 24.2 Å². The molecule has 2 N–H and O–H groups in total. The highest BCUT2D eigenvalue weighted by Crippen LogP contribution is 2.18. The van der Waals surface area contributed by atoms with E-state index in [9.17, 15) is 19.5 Å². The first-order valence-electron chi connectivity index (χ1n) is 7.66. The number of hydrogen-bond acceptors (Lipinski definition) is 4. The molecule has 0 saturated carbocycles. The van der Waals surface area contributed by atoms with Crippen LogP contribution in [0.4, 0.5) is 9.59 Å². The second-order valence-electron chi connectivity index (χ2n) is 6.32. The van der Waals surface area contributed by atoms with Crippen molar-refractivity contribution in [2.45, 2.75) is 45.4 Å². The summed E-state index contributed by atoms with van der Waals surface area (Å²) in [6.07, 6.45) is -1.17. The van der Waals surface area contributed by atoms with Gasteiger partial charge in [-0.1, -0.05) is 30.3 Å². The van der Waals surface area contributed by atoms with Gasteiger partial charge in [0.15, 0.2) is 0 Å². The quantitative estimate of drug-likeness (QED) is 0.746. The van der Waals surface area contributed by atoms with Gasteiger partial charge in [-0.05, 0) is 26.3 Å². The summed E-state index contributed by atoms with van der Waals surface area (Å²) in [5.41, 5.74) is 0.147. The maximum atomic E-state index is 11.8. The van der Waals surface area contributed by atoms with Crippen molar-refractivity contribution >= 4 is 18.5 Å². The molecule has 0 fully saturated rings. The van der Waals surface area contributed by atoms with Crippen LogP contribution in [0.15, 0.2) is 30.3 Å². The van der Waals surface area contributed by atoms with E-state index in [1.165, 1.54) is 4.90 Å². The van der Waals surface area contributed by atoms with Crippen LogP contribution in [0.5, 0.6) is 0 Å². The van der Waals surface area contributed by atoms with E-state index in [1.54, 1.807) is 20.8 Å². The molecule has 0 aliphatic carbocycles. The van der Waals surface area contributed by atoms with Gasteiger partial charge in [0.2, 0.25) is 0 Å². The van der Waals surface area contributed by atoms with Gasteiger partial charge in [0, 0.05) is 18.5 Å². The zero-order valence-electron chi connectivity index (χ0n) is 14.2. The van der Waals surface area contributed by atoms with Crippen LogP contribution in [0, 0.1) is 0 Å². The molecule has 0 aromatic heterocycles. The second-order valence-corrected chi connectivity index (χ2v) is 6.32. The summed E-state index contributed by atoms with van der Waals surface area (Å²) in [5, 5.41) is 11.9. The van der Waals surface area contributed by atoms with E-state index >= 15 is 0 Å². The standard InChI is InChI=1S/C17H24N2O5/c1-17(2,3)19(16(22)23)14(9-10-20)11-18-15(21)24-12-13-7-5-4-6-8-13/h4-8,10,14H,9,11-12H2,1-3H3,(H,18,21)(H,22,23). The van der Waals surface area contributed by atoms with Crippen LogP contribution in [-0.4, -0.2) is 46.6 Å². The highest BCUT2D eigenvalue weighted by molar-refractivity contribution is 5.69. The number of nitrogens with zero attached hydrogens (tertiary/aromatic N) is 1. The van der Waals surface area contributed by atoms with Crippen molar-refractivity contribution in [1.29, 1.82) is 0 Å². The molecular formula is C17H24N2O5. The molecule has 0 aliphatic heterocycles. The molecule has 7 heteroatoms. The summed E-state index contributed by atoms with van der Waals surface area (Å²) in [7, 11) is 0. The van der Waals surface area contributed by atoms with Crippen LogP contribution in [0.2, 0.25) is 0 Å². The molecule has 1 unspecified atom stereocenters. The van der Waals surface area contributed by atoms with E-state index in [1.807, 2.05) is 30.3 Å². The minimum absolute atomic E-state index is 0.00403. The SMILES string of the molecule is CC(C)(C)N(C(=O)O)C(CC=O)CNC(=O)OCc1ccccc1. The predicted octanol–water partition coefficient (Wildman–Crippen LogP) is 2.65. The zero-order chi connectivity index (χ0) is 18.2. The van der Waals surface area contributed by atoms with Crippen LogP contribution < -0.4 is 5.32 Å². The summed E-state index contributed by atoms with van der Waals surface area (Å²) in [6, 6.07) is 8.53. The van der Waals surface area contributed by atoms with Crippen molar-refractivity contribution in [3.8, 4) is 0 Å². The Hall–Kier alpha value is -2.57. The fourth-order valence-corrected chi connectivity index (χ4v) is 2.36. The second kappa shape index (κ2) is 8.90. The third-order valence-corrected chi connectivity index (χ3v) is 3.36. The van der Waals surface area contributed by atoms with E-state index in [4.69, 9.17) is 4.74 Å². The monoisotopic (exact) mass is 336 g/mol. The van der Waals surface area contributed by atoms with E-state index in [0.29, 0.717) is 6.29 Å². The first-order valence-corrected chi connectivity index (χ1v) is 7.66. The first-order chi connectivity index (χ1) is 11.3. The molecule has 0 bridgehead atoms. The van der Waals surface area contributed by atoms with E-state index in [-0.39, 0.29) is 19.6 Å². The van der Waals surface area contributed by atoms with Crippen LogP contribution >= 0.6 is 0 Å². The van der Waals surface area contributed by atoms with Gasteiger partial charge in [-0.25, -0.2) is 9.59 Å². The van der Waals surface area contributed by atoms with Gasteiger partial charge >= 0.3 is 12.2 Å². The molecule has 1 aromatic carbocycles. The molecular weight excluding hydrogens is 312 g/mol. The lowest BCUT2D eigenvalue weighted by atomic mass is 10.0. The number of nitrogens with one attached hydrogen (secondary N) is 1. The van der Waals surface area contributed by atoms with Crippen molar-refractivity contribution in [3.05, 3.63) is 35.9 Å². The molecule has 1 aromatic rings. The Labute approximate surface area is 141 Å². The average Bonchev–Trinajstić information content (AvgIpc) is 2.50. The van der Waals surface area contributed by atoms with Crippen LogP contribution in [0.25, 0.3) is 0 Å². The number of amides is 2. The van der Waals surface area contributed by atoms with Crippen molar-refractivity contribution in [1.82, 2.24) is 10.2 Å². The minimum Gasteiger partial charge on any atom is -0.465 e. The van der Waals surface area contributed by atoms with E-state index in [2.05, 4.69) is 5.32 Å². The fraction of sp³-hybridized carbons (Fsp3) is 0.471. The Kier molecular flexibility index (Phi) is 7.23. The van der Waals surface area contributed by atoms with Gasteiger partial charge in [-0.15, -0.1) is 0 Å². The van der Waals surface area contributed by atoms with Gasteiger partial charge in [-0.2, -0.15) is 0 Å². The van der Waals surface area contributed by atoms with Gasteiger partial charge in [0.05, 0.1) is 6.04 Å². The van der Waals surface area contributed by atoms with Gasteiger partial charge in [0.25, 0.3) is 0 Å². The fourth-order valence-electron chi connectivity index (χ4n) is 2.36. The number of alkyl carbamates (subject to hydrolysis) is 1. The number of rotatable bonds is 7. The molecule has 132 valence electrons. The predicted molar refractivity (Wildman–Crippen MR) is 88.7 cm³/mol. The summed E-state index contributed by atoms with van der Waals surface area (Å²) < 4.78 is 5.08. The van der Waals surface area contributed by atoms with E-state index in [0.717, 1.165) is 5.56 Å². The smallest absolute Gasteiger partial charge is 0.408 e. The number of benzene rings is 1. The molecule has 24 heavy (non-hydrogen) atoms. The Balaban J connectivity index is 2.60. The summed E-state index contributed by atoms with van der Waals surface area (Å²) in [6.45, 7) is 5.30. The number of ether oxygens (including phenoxy) is 1. The molecule has 0 radical (unpaired) electrons. The molecule has 1 atom stereocenters. The maximum absolute atomic E-state index is 11.8. The van der Waals surface area contributed by atoms with Crippen molar-refractivity contribution in [3.63, 3.8) is 0 Å². The van der Waals surface area contributed by atoms with Crippen LogP contribution in [0.1, 0.15) is 32.8 Å². The largest absolute Gasteiger partial charge is 0.465 e. The Morgan fingerprint density at radius 1 is 1.29 bits per heavy atom. The molecule has 1 rings (SSSR count). The third kappa shape index (κ3) is 6.28. The summed E-state index contributed by atoms with van der Waals surface area (Å²) in [4.78, 5) is 35.3. The summed E-state index contributed by atoms with van der Waals surface area (Å²) in [5.74, 6) is 0. The van der Waals surface area contributed by atoms with Crippen molar-refractivity contribution in [2.24, 2.45) is 0 Å². The van der Waals surface area contributed by atoms with Crippen molar-refractivity contribution in [2.75, 3.05) is 6.54 Å². The average molecular weight is 336 g/mol. The normalized spacial score (nSPS) is 12.1. The lowest BCUT2D eigenvalue weighted by molar-refractivity contribution is -0.109. The molecule has 2 amide bonds. The highest BCUT2D eigenvalue weighted by Gasteiger charge is 2.33. The molecule has 0 spiro atoms. The number of carbonyl (C=O) groups excluding carboxylic acids is 2. The van der Waals surface area contributed by atoms with Crippen LogP contribution in [-0.2, 0) is 16.1 Å². The van der Waals surface area contributed by atoms with Gasteiger partial charge < -0.3 is 20.0 Å². The third-order valence-electron chi connectivity index (χ3n) is 3.36. The topological polar surface area (TPSA) is 95.9 Å². The number of hydrogen-bond donors (Lipinski definition) is 2. The highest BCUT2D eigenvalue weighted by atomic mass is 16.5. The van der Waals surface area contributed by atoms with Gasteiger partial charge in [0.1, 0.15) is 12.9 Å². The number of carboxylic acid groups (broad SMARTS) is 1. The molecule has 7 nitrogen and oxygen atoms in total. The number of carbonyl (C=O) groups is 3. The van der Waals surface area contributed by atoms with Gasteiger partial charge in [-0.3, -0.25) is 4.90 Å². The zero-order valence-corrected chi connectivity index (χ0v) is 14.2. The first kappa shape index (κ1) is 19.5. The Bertz CT molecular complexity index is 554. The molecule has 0 heterocycles. The molecule has 0 saturated heterocycles. The Morgan fingerprint density at radius 2 is 1.92 bits per heavy atom. The molecule has 0 aliphatic rings. The summed E-state index contributed by atoms with van der Waals surface area (Å²) >= 11 is 0. The number of aldehydes is 1. The maximum Gasteiger partial charge on any atom is 0.408 e. The lowest BCUT2D eigenvalue weighted by Crippen LogP contribution is -2.55. The van der Waals surface area contributed by atoms with E-state index < -0.39 is 23.8 Å². The van der Waals surface area contributed by atoms with Crippen LogP contribution in [0.3, 0.4) is 0 Å². The minimum atomic E-state index is -1.14. The Morgan fingerprint density at radius 3 is 2.42 bits per heavy atom.